The summed E-state index contributed by atoms with van der Waals surface area (Å²) in [5, 5.41) is 0. The van der Waals surface area contributed by atoms with Crippen LogP contribution in [0.4, 0.5) is 0 Å². The van der Waals surface area contributed by atoms with E-state index in [2.05, 4.69) is 46.8 Å². The number of hydrogen-bond acceptors (Lipinski definition) is 1. The first-order chi connectivity index (χ1) is 9.72. The van der Waals surface area contributed by atoms with Gasteiger partial charge in [0, 0.05) is 11.8 Å². The fraction of sp³-hybridized carbons (Fsp3) is 0.650. The minimum atomic E-state index is 0.165. The summed E-state index contributed by atoms with van der Waals surface area (Å²) < 4.78 is 0. The van der Waals surface area contributed by atoms with Gasteiger partial charge in [0.05, 0.1) is 0 Å². The van der Waals surface area contributed by atoms with Gasteiger partial charge in [-0.25, -0.2) is 0 Å². The summed E-state index contributed by atoms with van der Waals surface area (Å²) >= 11 is 0. The van der Waals surface area contributed by atoms with Crippen molar-refractivity contribution in [2.75, 3.05) is 0 Å². The van der Waals surface area contributed by atoms with Gasteiger partial charge in [-0.1, -0.05) is 39.8 Å². The number of hydrogen-bond donors (Lipinski definition) is 0. The smallest absolute Gasteiger partial charge is 0.120 e. The number of fused-ring (bicyclic) bond motifs is 1. The van der Waals surface area contributed by atoms with Crippen LogP contribution in [0.25, 0.3) is 0 Å². The molecular weight excluding hydrogens is 256 g/mol. The van der Waals surface area contributed by atoms with Crippen LogP contribution in [0.2, 0.25) is 0 Å². The Labute approximate surface area is 129 Å². The van der Waals surface area contributed by atoms with Crippen molar-refractivity contribution in [2.45, 2.75) is 83.0 Å². The van der Waals surface area contributed by atoms with Gasteiger partial charge in [-0.05, 0) is 65.7 Å². The van der Waals surface area contributed by atoms with E-state index >= 15 is 0 Å². The van der Waals surface area contributed by atoms with E-state index in [0.717, 1.165) is 6.29 Å². The molecule has 114 valence electrons. The molecular formula is C20H28O. The van der Waals surface area contributed by atoms with Crippen LogP contribution in [0.5, 0.6) is 0 Å². The SMILES string of the molecule is Cc1cc2c(cc1C1(CC=O)CC1)C(C)(C)CCC2(C)C. The summed E-state index contributed by atoms with van der Waals surface area (Å²) in [6.45, 7) is 11.7. The van der Waals surface area contributed by atoms with Crippen molar-refractivity contribution >= 4 is 6.29 Å². The normalized spacial score (nSPS) is 24.2. The Kier molecular flexibility index (Phi) is 3.13. The molecule has 0 heterocycles. The highest BCUT2D eigenvalue weighted by Crippen LogP contribution is 2.54. The molecule has 2 aliphatic rings. The Balaban J connectivity index is 2.17. The Morgan fingerprint density at radius 1 is 0.905 bits per heavy atom. The van der Waals surface area contributed by atoms with E-state index in [1.165, 1.54) is 47.9 Å². The van der Waals surface area contributed by atoms with Crippen molar-refractivity contribution in [3.05, 3.63) is 34.4 Å². The number of aldehydes is 1. The van der Waals surface area contributed by atoms with Crippen LogP contribution in [0.15, 0.2) is 12.1 Å². The summed E-state index contributed by atoms with van der Waals surface area (Å²) in [5.74, 6) is 0. The maximum atomic E-state index is 11.1. The van der Waals surface area contributed by atoms with E-state index in [1.807, 2.05) is 0 Å². The molecule has 1 heteroatoms. The Hall–Kier alpha value is -1.11. The van der Waals surface area contributed by atoms with Crippen molar-refractivity contribution in [2.24, 2.45) is 0 Å². The second-order valence-corrected chi connectivity index (χ2v) is 8.63. The van der Waals surface area contributed by atoms with Crippen LogP contribution >= 0.6 is 0 Å². The molecule has 0 aromatic heterocycles. The quantitative estimate of drug-likeness (QED) is 0.717. The zero-order valence-electron chi connectivity index (χ0n) is 14.2. The van der Waals surface area contributed by atoms with Crippen LogP contribution < -0.4 is 0 Å². The van der Waals surface area contributed by atoms with Crippen molar-refractivity contribution in [1.82, 2.24) is 0 Å². The van der Waals surface area contributed by atoms with Crippen LogP contribution in [-0.4, -0.2) is 6.29 Å². The van der Waals surface area contributed by atoms with E-state index < -0.39 is 0 Å². The molecule has 21 heavy (non-hydrogen) atoms. The van der Waals surface area contributed by atoms with Crippen molar-refractivity contribution in [3.63, 3.8) is 0 Å². The number of benzene rings is 1. The summed E-state index contributed by atoms with van der Waals surface area (Å²) in [7, 11) is 0. The molecule has 1 nitrogen and oxygen atoms in total. The monoisotopic (exact) mass is 284 g/mol. The maximum absolute atomic E-state index is 11.1. The first-order valence-electron chi connectivity index (χ1n) is 8.32. The average molecular weight is 284 g/mol. The highest BCUT2D eigenvalue weighted by Gasteiger charge is 2.46. The summed E-state index contributed by atoms with van der Waals surface area (Å²) in [6, 6.07) is 4.89. The van der Waals surface area contributed by atoms with Gasteiger partial charge in [0.1, 0.15) is 6.29 Å². The van der Waals surface area contributed by atoms with Crippen LogP contribution in [0.1, 0.15) is 82.1 Å². The molecule has 2 aliphatic carbocycles. The van der Waals surface area contributed by atoms with Gasteiger partial charge in [-0.3, -0.25) is 0 Å². The lowest BCUT2D eigenvalue weighted by Crippen LogP contribution is -2.34. The molecule has 0 atom stereocenters. The standard InChI is InChI=1S/C20H28O/c1-14-12-16-17(19(4,5)7-6-18(16,2)3)13-15(14)20(8-9-20)10-11-21/h11-13H,6-10H2,1-5H3. The van der Waals surface area contributed by atoms with E-state index in [4.69, 9.17) is 0 Å². The number of carbonyl (C=O) groups is 1. The molecule has 0 unspecified atom stereocenters. The molecule has 0 spiro atoms. The van der Waals surface area contributed by atoms with E-state index in [0.29, 0.717) is 6.42 Å². The molecule has 1 aromatic rings. The van der Waals surface area contributed by atoms with Crippen molar-refractivity contribution < 1.29 is 4.79 Å². The van der Waals surface area contributed by atoms with Gasteiger partial charge in [-0.2, -0.15) is 0 Å². The van der Waals surface area contributed by atoms with Crippen LogP contribution in [-0.2, 0) is 21.0 Å². The van der Waals surface area contributed by atoms with Gasteiger partial charge >= 0.3 is 0 Å². The lowest BCUT2D eigenvalue weighted by Gasteiger charge is -2.42. The third-order valence-electron chi connectivity index (χ3n) is 6.10. The number of carbonyl (C=O) groups excluding carboxylic acids is 1. The zero-order valence-corrected chi connectivity index (χ0v) is 14.2. The second-order valence-electron chi connectivity index (χ2n) is 8.63. The minimum Gasteiger partial charge on any atom is -0.303 e. The lowest BCUT2D eigenvalue weighted by molar-refractivity contribution is -0.108. The molecule has 0 amide bonds. The summed E-state index contributed by atoms with van der Waals surface area (Å²) in [4.78, 5) is 11.1. The predicted octanol–water partition coefficient (Wildman–Crippen LogP) is 4.96. The van der Waals surface area contributed by atoms with Crippen LogP contribution in [0, 0.1) is 6.92 Å². The highest BCUT2D eigenvalue weighted by atomic mass is 16.1. The Morgan fingerprint density at radius 2 is 1.43 bits per heavy atom. The van der Waals surface area contributed by atoms with E-state index in [9.17, 15) is 4.79 Å². The first kappa shape index (κ1) is 14.8. The molecule has 1 fully saturated rings. The topological polar surface area (TPSA) is 17.1 Å². The molecule has 1 aromatic carbocycles. The van der Waals surface area contributed by atoms with Gasteiger partial charge in [-0.15, -0.1) is 0 Å². The van der Waals surface area contributed by atoms with Gasteiger partial charge in [0.15, 0.2) is 0 Å². The Morgan fingerprint density at radius 3 is 1.90 bits per heavy atom. The first-order valence-corrected chi connectivity index (χ1v) is 8.32. The average Bonchev–Trinajstić information content (AvgIpc) is 3.16. The van der Waals surface area contributed by atoms with Gasteiger partial charge in [0.25, 0.3) is 0 Å². The molecule has 1 saturated carbocycles. The predicted molar refractivity (Wildman–Crippen MR) is 88.1 cm³/mol. The molecule has 0 N–H and O–H groups in total. The summed E-state index contributed by atoms with van der Waals surface area (Å²) in [5.41, 5.74) is 6.58. The molecule has 0 bridgehead atoms. The minimum absolute atomic E-state index is 0.165. The lowest BCUT2D eigenvalue weighted by atomic mass is 9.62. The van der Waals surface area contributed by atoms with E-state index in [1.54, 1.807) is 0 Å². The fourth-order valence-electron chi connectivity index (χ4n) is 4.19. The van der Waals surface area contributed by atoms with Crippen LogP contribution in [0.3, 0.4) is 0 Å². The third kappa shape index (κ3) is 2.25. The fourth-order valence-corrected chi connectivity index (χ4v) is 4.19. The second kappa shape index (κ2) is 4.44. The maximum Gasteiger partial charge on any atom is 0.120 e. The van der Waals surface area contributed by atoms with Gasteiger partial charge < -0.3 is 4.79 Å². The van der Waals surface area contributed by atoms with E-state index in [-0.39, 0.29) is 16.2 Å². The zero-order chi connectivity index (χ0) is 15.5. The molecule has 3 rings (SSSR count). The molecule has 0 aliphatic heterocycles. The third-order valence-corrected chi connectivity index (χ3v) is 6.10. The van der Waals surface area contributed by atoms with Gasteiger partial charge in [0.2, 0.25) is 0 Å². The van der Waals surface area contributed by atoms with Crippen molar-refractivity contribution in [1.29, 1.82) is 0 Å². The Bertz CT molecular complexity index is 588. The molecule has 0 radical (unpaired) electrons. The largest absolute Gasteiger partial charge is 0.303 e. The number of rotatable bonds is 3. The molecule has 0 saturated heterocycles. The highest BCUT2D eigenvalue weighted by molar-refractivity contribution is 5.58. The summed E-state index contributed by atoms with van der Waals surface area (Å²) in [6.07, 6.45) is 6.66. The van der Waals surface area contributed by atoms with Crippen molar-refractivity contribution in [3.8, 4) is 0 Å². The number of aryl methyl sites for hydroxylation is 1.